The zero-order chi connectivity index (χ0) is 17.5. The number of benzene rings is 2. The van der Waals surface area contributed by atoms with E-state index >= 15 is 0 Å². The van der Waals surface area contributed by atoms with Crippen LogP contribution >= 0.6 is 11.6 Å². The fraction of sp³-hybridized carbons (Fsp3) is 0.278. The average molecular weight is 349 g/mol. The normalized spacial score (nSPS) is 13.0. The minimum Gasteiger partial charge on any atom is -0.497 e. The lowest BCUT2D eigenvalue weighted by atomic mass is 10.1. The molecule has 0 radical (unpaired) electrons. The summed E-state index contributed by atoms with van der Waals surface area (Å²) >= 11 is 5.91. The summed E-state index contributed by atoms with van der Waals surface area (Å²) in [6.45, 7) is 2.05. The average Bonchev–Trinajstić information content (AvgIpc) is 2.59. The smallest absolute Gasteiger partial charge is 0.251 e. The molecule has 0 bridgehead atoms. The number of aliphatic hydroxyl groups excluding tert-OH is 1. The topological polar surface area (TPSA) is 70.6 Å². The van der Waals surface area contributed by atoms with Crippen molar-refractivity contribution in [2.75, 3.05) is 12.4 Å². The molecule has 0 aliphatic heterocycles. The molecule has 2 aromatic carbocycles. The number of methoxy groups -OCH3 is 1. The number of nitrogens with one attached hydrogen (secondary N) is 2. The van der Waals surface area contributed by atoms with Crippen LogP contribution in [0.1, 0.15) is 12.5 Å². The predicted octanol–water partition coefficient (Wildman–Crippen LogP) is 2.83. The Labute approximate surface area is 146 Å². The van der Waals surface area contributed by atoms with Crippen molar-refractivity contribution in [3.8, 4) is 5.75 Å². The van der Waals surface area contributed by atoms with Gasteiger partial charge in [0.25, 0.3) is 5.91 Å². The van der Waals surface area contributed by atoms with Crippen LogP contribution in [0.5, 0.6) is 5.75 Å². The Morgan fingerprint density at radius 3 is 2.71 bits per heavy atom. The number of carbonyl (C=O) groups excluding carboxylic acids is 1. The maximum Gasteiger partial charge on any atom is 0.251 e. The van der Waals surface area contributed by atoms with Crippen LogP contribution in [0, 0.1) is 0 Å². The molecule has 5 nitrogen and oxygen atoms in total. The van der Waals surface area contributed by atoms with E-state index < -0.39 is 18.1 Å². The molecule has 0 fully saturated rings. The van der Waals surface area contributed by atoms with Gasteiger partial charge >= 0.3 is 0 Å². The standard InChI is InChI=1S/C18H21ClN2O3/c1-12(21-15-7-4-8-16(10-15)24-2)17(22)18(23)20-11-13-5-3-6-14(19)9-13/h3-10,12,17,21-22H,11H2,1-2H3,(H,20,23). The maximum atomic E-state index is 12.1. The maximum absolute atomic E-state index is 12.1. The lowest BCUT2D eigenvalue weighted by Gasteiger charge is -2.21. The molecule has 0 aliphatic carbocycles. The summed E-state index contributed by atoms with van der Waals surface area (Å²) < 4.78 is 5.15. The first-order chi connectivity index (χ1) is 11.5. The van der Waals surface area contributed by atoms with Crippen molar-refractivity contribution in [3.05, 3.63) is 59.1 Å². The molecule has 0 saturated heterocycles. The van der Waals surface area contributed by atoms with Gasteiger partial charge in [-0.3, -0.25) is 4.79 Å². The second-order valence-corrected chi connectivity index (χ2v) is 5.89. The molecule has 2 aromatic rings. The minimum atomic E-state index is -1.18. The Kier molecular flexibility index (Phi) is 6.46. The highest BCUT2D eigenvalue weighted by Crippen LogP contribution is 2.18. The predicted molar refractivity (Wildman–Crippen MR) is 95.4 cm³/mol. The van der Waals surface area contributed by atoms with Crippen molar-refractivity contribution < 1.29 is 14.6 Å². The zero-order valence-electron chi connectivity index (χ0n) is 13.6. The number of hydrogen-bond donors (Lipinski definition) is 3. The van der Waals surface area contributed by atoms with Gasteiger partial charge in [0.15, 0.2) is 6.10 Å². The van der Waals surface area contributed by atoms with Crippen LogP contribution in [0.2, 0.25) is 5.02 Å². The molecule has 6 heteroatoms. The first kappa shape index (κ1) is 18.1. The van der Waals surface area contributed by atoms with E-state index in [-0.39, 0.29) is 0 Å². The van der Waals surface area contributed by atoms with Crippen molar-refractivity contribution in [2.24, 2.45) is 0 Å². The van der Waals surface area contributed by atoms with Gasteiger partial charge in [0.2, 0.25) is 0 Å². The summed E-state index contributed by atoms with van der Waals surface area (Å²) in [5, 5.41) is 16.6. The van der Waals surface area contributed by atoms with E-state index in [1.165, 1.54) is 0 Å². The summed E-state index contributed by atoms with van der Waals surface area (Å²) in [6.07, 6.45) is -1.18. The summed E-state index contributed by atoms with van der Waals surface area (Å²) in [4.78, 5) is 12.1. The van der Waals surface area contributed by atoms with Crippen molar-refractivity contribution in [3.63, 3.8) is 0 Å². The highest BCUT2D eigenvalue weighted by molar-refractivity contribution is 6.30. The van der Waals surface area contributed by atoms with Gasteiger partial charge in [-0.25, -0.2) is 0 Å². The van der Waals surface area contributed by atoms with Crippen LogP contribution in [-0.2, 0) is 11.3 Å². The van der Waals surface area contributed by atoms with Crippen molar-refractivity contribution in [1.82, 2.24) is 5.32 Å². The van der Waals surface area contributed by atoms with Crippen LogP contribution < -0.4 is 15.4 Å². The van der Waals surface area contributed by atoms with E-state index in [1.54, 1.807) is 32.2 Å². The van der Waals surface area contributed by atoms with Crippen molar-refractivity contribution in [1.29, 1.82) is 0 Å². The minimum absolute atomic E-state index is 0.308. The van der Waals surface area contributed by atoms with Crippen LogP contribution in [0.3, 0.4) is 0 Å². The highest BCUT2D eigenvalue weighted by atomic mass is 35.5. The monoisotopic (exact) mass is 348 g/mol. The number of hydrogen-bond acceptors (Lipinski definition) is 4. The Bertz CT molecular complexity index is 693. The SMILES string of the molecule is COc1cccc(NC(C)C(O)C(=O)NCc2cccc(Cl)c2)c1. The Hall–Kier alpha value is -2.24. The second-order valence-electron chi connectivity index (χ2n) is 5.46. The quantitative estimate of drug-likeness (QED) is 0.719. The van der Waals surface area contributed by atoms with Crippen LogP contribution in [0.4, 0.5) is 5.69 Å². The largest absolute Gasteiger partial charge is 0.497 e. The number of carbonyl (C=O) groups is 1. The van der Waals surface area contributed by atoms with Crippen molar-refractivity contribution in [2.45, 2.75) is 25.6 Å². The number of anilines is 1. The Morgan fingerprint density at radius 2 is 2.00 bits per heavy atom. The van der Waals surface area contributed by atoms with Gasteiger partial charge in [-0.05, 0) is 36.8 Å². The molecule has 0 spiro atoms. The van der Waals surface area contributed by atoms with Crippen LogP contribution in [-0.4, -0.2) is 30.3 Å². The van der Waals surface area contributed by atoms with Gasteiger partial charge in [0, 0.05) is 23.3 Å². The molecule has 3 N–H and O–H groups in total. The van der Waals surface area contributed by atoms with E-state index in [2.05, 4.69) is 10.6 Å². The molecule has 0 aliphatic rings. The first-order valence-corrected chi connectivity index (χ1v) is 7.98. The van der Waals surface area contributed by atoms with Crippen molar-refractivity contribution >= 4 is 23.2 Å². The van der Waals surface area contributed by atoms with E-state index in [4.69, 9.17) is 16.3 Å². The Balaban J connectivity index is 1.89. The molecule has 0 aromatic heterocycles. The molecular formula is C18H21ClN2O3. The molecule has 2 atom stereocenters. The van der Waals surface area contributed by atoms with E-state index in [9.17, 15) is 9.90 Å². The third-order valence-corrected chi connectivity index (χ3v) is 3.80. The van der Waals surface area contributed by atoms with Crippen LogP contribution in [0.15, 0.2) is 48.5 Å². The third kappa shape index (κ3) is 5.15. The van der Waals surface area contributed by atoms with Gasteiger partial charge in [-0.15, -0.1) is 0 Å². The molecule has 1 amide bonds. The summed E-state index contributed by atoms with van der Waals surface area (Å²) in [5.74, 6) is 0.255. The van der Waals surface area contributed by atoms with E-state index in [1.807, 2.05) is 30.3 Å². The van der Waals surface area contributed by atoms with Gasteiger partial charge in [0.05, 0.1) is 13.2 Å². The van der Waals surface area contributed by atoms with E-state index in [0.29, 0.717) is 17.3 Å². The Morgan fingerprint density at radius 1 is 1.25 bits per heavy atom. The highest BCUT2D eigenvalue weighted by Gasteiger charge is 2.22. The van der Waals surface area contributed by atoms with E-state index in [0.717, 1.165) is 11.3 Å². The molecule has 0 heterocycles. The fourth-order valence-electron chi connectivity index (χ4n) is 2.22. The molecule has 128 valence electrons. The fourth-order valence-corrected chi connectivity index (χ4v) is 2.44. The second kappa shape index (κ2) is 8.57. The molecular weight excluding hydrogens is 328 g/mol. The third-order valence-electron chi connectivity index (χ3n) is 3.56. The number of amides is 1. The van der Waals surface area contributed by atoms with Crippen LogP contribution in [0.25, 0.3) is 0 Å². The molecule has 2 unspecified atom stereocenters. The van der Waals surface area contributed by atoms with Gasteiger partial charge in [-0.2, -0.15) is 0 Å². The molecule has 0 saturated carbocycles. The lowest BCUT2D eigenvalue weighted by Crippen LogP contribution is -2.43. The number of rotatable bonds is 7. The van der Waals surface area contributed by atoms with Gasteiger partial charge < -0.3 is 20.5 Å². The number of aliphatic hydroxyl groups is 1. The number of ether oxygens (including phenoxy) is 1. The van der Waals surface area contributed by atoms with Gasteiger partial charge in [-0.1, -0.05) is 29.8 Å². The molecule has 2 rings (SSSR count). The van der Waals surface area contributed by atoms with Gasteiger partial charge in [0.1, 0.15) is 5.75 Å². The number of halogens is 1. The molecule has 24 heavy (non-hydrogen) atoms. The summed E-state index contributed by atoms with van der Waals surface area (Å²) in [7, 11) is 1.58. The first-order valence-electron chi connectivity index (χ1n) is 7.60. The lowest BCUT2D eigenvalue weighted by molar-refractivity contribution is -0.129. The zero-order valence-corrected chi connectivity index (χ0v) is 14.4. The summed E-state index contributed by atoms with van der Waals surface area (Å²) in [5.41, 5.74) is 1.64. The summed E-state index contributed by atoms with van der Waals surface area (Å²) in [6, 6.07) is 14.0.